The molecule has 3 aromatic carbocycles. The molecule has 1 fully saturated rings. The lowest BCUT2D eigenvalue weighted by Gasteiger charge is -2.19. The Bertz CT molecular complexity index is 1940. The minimum atomic E-state index is -4.51. The number of carbonyl (C=O) groups is 2. The number of hydrogen-bond acceptors (Lipinski definition) is 9. The summed E-state index contributed by atoms with van der Waals surface area (Å²) in [5.41, 5.74) is 7.29. The summed E-state index contributed by atoms with van der Waals surface area (Å²) in [6.45, 7) is -0.0853. The van der Waals surface area contributed by atoms with E-state index in [1.165, 1.54) is 18.2 Å². The summed E-state index contributed by atoms with van der Waals surface area (Å²) >= 11 is 0. The number of carbonyl (C=O) groups excluding carboxylic acids is 2. The highest BCUT2D eigenvalue weighted by Gasteiger charge is 2.39. The zero-order chi connectivity index (χ0) is 39.4. The maximum Gasteiger partial charge on any atom is 0.416 e. The summed E-state index contributed by atoms with van der Waals surface area (Å²) in [5.74, 6) is -1.93. The fourth-order valence-electron chi connectivity index (χ4n) is 6.56. The van der Waals surface area contributed by atoms with Crippen LogP contribution < -0.4 is 15.8 Å². The van der Waals surface area contributed by atoms with Crippen LogP contribution in [0.4, 0.5) is 18.9 Å². The predicted octanol–water partition coefficient (Wildman–Crippen LogP) is 6.45. The topological polar surface area (TPSA) is 164 Å². The fourth-order valence-corrected chi connectivity index (χ4v) is 6.56. The molecule has 4 aromatic rings. The average molecular weight is 762 g/mol. The SMILES string of the molecule is NCC(C(=O)Nc1ccc2cnccc2c1)c1ccc(COC(=O)CCC/C=C\C[C@@H]2[C@@H](/C=C/[C@@H](O)COc3cccc(C(F)(F)F)c3)[C@H](O)C[C@@H]2O)cc1. The Morgan fingerprint density at radius 3 is 2.56 bits per heavy atom. The number of aromatic nitrogens is 1. The number of esters is 1. The first-order chi connectivity index (χ1) is 26.4. The van der Waals surface area contributed by atoms with Crippen LogP contribution in [-0.4, -0.2) is 63.6 Å². The first kappa shape index (κ1) is 41.1. The van der Waals surface area contributed by atoms with Crippen LogP contribution in [0.15, 0.2) is 109 Å². The maximum atomic E-state index is 13.1. The van der Waals surface area contributed by atoms with Crippen LogP contribution in [0, 0.1) is 11.8 Å². The van der Waals surface area contributed by atoms with Crippen LogP contribution in [0.5, 0.6) is 5.75 Å². The first-order valence-corrected chi connectivity index (χ1v) is 18.2. The number of aliphatic hydroxyl groups is 3. The van der Waals surface area contributed by atoms with E-state index < -0.39 is 41.9 Å². The van der Waals surface area contributed by atoms with Gasteiger partial charge in [0.1, 0.15) is 25.1 Å². The Kier molecular flexibility index (Phi) is 14.6. The van der Waals surface area contributed by atoms with Crippen molar-refractivity contribution in [1.29, 1.82) is 0 Å². The summed E-state index contributed by atoms with van der Waals surface area (Å²) in [4.78, 5) is 29.6. The van der Waals surface area contributed by atoms with Crippen LogP contribution >= 0.6 is 0 Å². The summed E-state index contributed by atoms with van der Waals surface area (Å²) in [5, 5.41) is 36.2. The number of rotatable bonds is 17. The van der Waals surface area contributed by atoms with E-state index in [1.54, 1.807) is 42.7 Å². The highest BCUT2D eigenvalue weighted by Crippen LogP contribution is 2.36. The van der Waals surface area contributed by atoms with Crippen molar-refractivity contribution in [2.24, 2.45) is 17.6 Å². The van der Waals surface area contributed by atoms with Gasteiger partial charge in [0.15, 0.2) is 0 Å². The molecule has 1 unspecified atom stereocenters. The smallest absolute Gasteiger partial charge is 0.416 e. The average Bonchev–Trinajstić information content (AvgIpc) is 3.44. The molecule has 10 nitrogen and oxygen atoms in total. The maximum absolute atomic E-state index is 13.1. The van der Waals surface area contributed by atoms with Gasteiger partial charge in [-0.15, -0.1) is 0 Å². The molecule has 0 bridgehead atoms. The number of unbranched alkanes of at least 4 members (excludes halogenated alkanes) is 1. The van der Waals surface area contributed by atoms with Gasteiger partial charge in [-0.2, -0.15) is 13.2 Å². The van der Waals surface area contributed by atoms with Crippen molar-refractivity contribution < 1.29 is 47.6 Å². The Morgan fingerprint density at radius 1 is 1.00 bits per heavy atom. The number of nitrogens with one attached hydrogen (secondary N) is 1. The molecule has 6 N–H and O–H groups in total. The summed E-state index contributed by atoms with van der Waals surface area (Å²) in [6.07, 6.45) is 5.02. The monoisotopic (exact) mass is 761 g/mol. The first-order valence-electron chi connectivity index (χ1n) is 18.2. The number of ether oxygens (including phenoxy) is 2. The molecule has 292 valence electrons. The van der Waals surface area contributed by atoms with Gasteiger partial charge >= 0.3 is 12.1 Å². The van der Waals surface area contributed by atoms with Gasteiger partial charge < -0.3 is 35.8 Å². The number of halogens is 3. The number of anilines is 1. The van der Waals surface area contributed by atoms with E-state index in [-0.39, 0.29) is 56.1 Å². The number of alkyl halides is 3. The lowest BCUT2D eigenvalue weighted by Crippen LogP contribution is -2.27. The molecule has 1 amide bonds. The third kappa shape index (κ3) is 12.0. The third-order valence-electron chi connectivity index (χ3n) is 9.62. The van der Waals surface area contributed by atoms with E-state index in [9.17, 15) is 38.1 Å². The lowest BCUT2D eigenvalue weighted by molar-refractivity contribution is -0.145. The van der Waals surface area contributed by atoms with Crippen LogP contribution in [0.25, 0.3) is 10.8 Å². The minimum Gasteiger partial charge on any atom is -0.491 e. The molecule has 0 aliphatic heterocycles. The van der Waals surface area contributed by atoms with Gasteiger partial charge in [-0.1, -0.05) is 60.7 Å². The normalized spacial score (nSPS) is 19.8. The van der Waals surface area contributed by atoms with Crippen molar-refractivity contribution in [2.45, 2.75) is 69.1 Å². The van der Waals surface area contributed by atoms with Gasteiger partial charge in [0.25, 0.3) is 0 Å². The predicted molar refractivity (Wildman–Crippen MR) is 202 cm³/mol. The van der Waals surface area contributed by atoms with Crippen molar-refractivity contribution in [2.75, 3.05) is 18.5 Å². The van der Waals surface area contributed by atoms with Gasteiger partial charge in [0, 0.05) is 48.8 Å². The van der Waals surface area contributed by atoms with Gasteiger partial charge in [0.05, 0.1) is 23.7 Å². The molecule has 6 atom stereocenters. The largest absolute Gasteiger partial charge is 0.491 e. The molecule has 0 saturated heterocycles. The molecular weight excluding hydrogens is 715 g/mol. The molecule has 13 heteroatoms. The highest BCUT2D eigenvalue weighted by atomic mass is 19.4. The van der Waals surface area contributed by atoms with Crippen LogP contribution in [0.2, 0.25) is 0 Å². The number of nitrogens with zero attached hydrogens (tertiary/aromatic N) is 1. The van der Waals surface area contributed by atoms with Gasteiger partial charge in [-0.25, -0.2) is 0 Å². The molecule has 1 heterocycles. The number of pyridine rings is 1. The second-order valence-electron chi connectivity index (χ2n) is 13.6. The van der Waals surface area contributed by atoms with Crippen molar-refractivity contribution in [1.82, 2.24) is 4.98 Å². The molecule has 1 aromatic heterocycles. The van der Waals surface area contributed by atoms with E-state index >= 15 is 0 Å². The second-order valence-corrected chi connectivity index (χ2v) is 13.6. The summed E-state index contributed by atoms with van der Waals surface area (Å²) < 4.78 is 49.6. The molecule has 0 radical (unpaired) electrons. The Balaban J connectivity index is 1.00. The summed E-state index contributed by atoms with van der Waals surface area (Å²) in [7, 11) is 0. The number of amides is 1. The van der Waals surface area contributed by atoms with E-state index in [4.69, 9.17) is 15.2 Å². The number of aliphatic hydroxyl groups excluding tert-OH is 3. The van der Waals surface area contributed by atoms with Gasteiger partial charge in [-0.3, -0.25) is 14.6 Å². The van der Waals surface area contributed by atoms with E-state index in [1.807, 2.05) is 36.4 Å². The van der Waals surface area contributed by atoms with Crippen LogP contribution in [0.1, 0.15) is 54.7 Å². The van der Waals surface area contributed by atoms with Gasteiger partial charge in [0.2, 0.25) is 5.91 Å². The van der Waals surface area contributed by atoms with Crippen molar-refractivity contribution >= 4 is 28.3 Å². The molecule has 55 heavy (non-hydrogen) atoms. The Morgan fingerprint density at radius 2 is 1.80 bits per heavy atom. The quantitative estimate of drug-likeness (QED) is 0.0462. The zero-order valence-electron chi connectivity index (χ0n) is 30.1. The molecule has 1 saturated carbocycles. The number of hydrogen-bond donors (Lipinski definition) is 5. The summed E-state index contributed by atoms with van der Waals surface area (Å²) in [6, 6.07) is 19.1. The van der Waals surface area contributed by atoms with Crippen LogP contribution in [-0.2, 0) is 27.1 Å². The molecule has 5 rings (SSSR count). The van der Waals surface area contributed by atoms with Gasteiger partial charge in [-0.05, 0) is 78.1 Å². The molecular formula is C42H46F3N3O7. The lowest BCUT2D eigenvalue weighted by atomic mass is 9.89. The highest BCUT2D eigenvalue weighted by molar-refractivity contribution is 5.98. The van der Waals surface area contributed by atoms with Crippen molar-refractivity contribution in [3.8, 4) is 5.75 Å². The van der Waals surface area contributed by atoms with Crippen LogP contribution in [0.3, 0.4) is 0 Å². The second kappa shape index (κ2) is 19.5. The minimum absolute atomic E-state index is 0.0300. The number of benzene rings is 3. The van der Waals surface area contributed by atoms with E-state index in [0.717, 1.165) is 34.0 Å². The molecule has 1 aliphatic carbocycles. The third-order valence-corrected chi connectivity index (χ3v) is 9.62. The Hall–Kier alpha value is -5.08. The van der Waals surface area contributed by atoms with E-state index in [0.29, 0.717) is 24.9 Å². The molecule has 0 spiro atoms. The Labute approximate surface area is 317 Å². The number of fused-ring (bicyclic) bond motifs is 1. The standard InChI is InChI=1S/C42H46F3N3O7/c43-42(44,45)31-6-5-7-34(21-31)54-26-33(49)16-17-36-35(38(50)22-39(36)51)8-3-1-2-4-9-40(52)55-25-27-10-12-28(13-11-27)37(23-46)41(53)48-32-15-14-30-24-47-19-18-29(30)20-32/h1,3,5-7,10-21,24,33,35-39,49-51H,2,4,8-9,22-23,25-26,46H2,(H,48,53)/b3-1-,17-16+/t33-,35-,36-,37?,38+,39-/m1/s1. The van der Waals surface area contributed by atoms with Crippen molar-refractivity contribution in [3.05, 3.63) is 126 Å². The fraction of sp³-hybridized carbons (Fsp3) is 0.357. The number of allylic oxidation sites excluding steroid dienone is 2. The van der Waals surface area contributed by atoms with Crippen molar-refractivity contribution in [3.63, 3.8) is 0 Å². The van der Waals surface area contributed by atoms with E-state index in [2.05, 4.69) is 10.3 Å². The number of nitrogens with two attached hydrogens (primary N) is 1. The molecule has 1 aliphatic rings. The zero-order valence-corrected chi connectivity index (χ0v) is 30.1.